The van der Waals surface area contributed by atoms with Gasteiger partial charge in [-0.05, 0) is 48.7 Å². The predicted molar refractivity (Wildman–Crippen MR) is 129 cm³/mol. The zero-order chi connectivity index (χ0) is 24.1. The summed E-state index contributed by atoms with van der Waals surface area (Å²) < 4.78 is 11.4. The van der Waals surface area contributed by atoms with Crippen LogP contribution in [0, 0.1) is 6.92 Å². The van der Waals surface area contributed by atoms with Gasteiger partial charge in [-0.3, -0.25) is 9.59 Å². The van der Waals surface area contributed by atoms with Gasteiger partial charge in [0, 0.05) is 6.54 Å². The summed E-state index contributed by atoms with van der Waals surface area (Å²) in [6.45, 7) is 4.71. The van der Waals surface area contributed by atoms with Gasteiger partial charge in [-0.25, -0.2) is 0 Å². The van der Waals surface area contributed by atoms with Gasteiger partial charge in [-0.1, -0.05) is 62.2 Å². The van der Waals surface area contributed by atoms with E-state index in [2.05, 4.69) is 6.92 Å². The number of aryl methyl sites for hydroxylation is 1. The Labute approximate surface area is 199 Å². The smallest absolute Gasteiger partial charge is 0.290 e. The lowest BCUT2D eigenvalue weighted by Crippen LogP contribution is -2.30. The first-order chi connectivity index (χ1) is 16.5. The molecule has 1 aliphatic heterocycles. The fourth-order valence-corrected chi connectivity index (χ4v) is 4.18. The fourth-order valence-electron chi connectivity index (χ4n) is 4.18. The number of benzene rings is 2. The Kier molecular flexibility index (Phi) is 7.16. The number of hydrogen-bond donors (Lipinski definition) is 1. The summed E-state index contributed by atoms with van der Waals surface area (Å²) in [6.07, 6.45) is 3.13. The minimum atomic E-state index is -0.773. The van der Waals surface area contributed by atoms with Crippen molar-refractivity contribution in [3.05, 3.63) is 101 Å². The molecular formula is C28H29NO5. The van der Waals surface area contributed by atoms with E-state index in [1.165, 1.54) is 4.90 Å². The van der Waals surface area contributed by atoms with Crippen LogP contribution in [-0.2, 0) is 11.3 Å². The molecule has 6 heteroatoms. The SMILES string of the molecule is CCCCCOc1cccc(C2C(C(=O)c3ccc(C)o3)=C(O)C(=O)N2Cc2ccccc2)c1. The van der Waals surface area contributed by atoms with Crippen molar-refractivity contribution in [2.45, 2.75) is 45.7 Å². The van der Waals surface area contributed by atoms with E-state index in [4.69, 9.17) is 9.15 Å². The van der Waals surface area contributed by atoms with Gasteiger partial charge >= 0.3 is 0 Å². The number of amides is 1. The number of unbranched alkanes of at least 4 members (excludes halogenated alkanes) is 2. The third-order valence-electron chi connectivity index (χ3n) is 5.90. The molecule has 0 saturated carbocycles. The second-order valence-corrected chi connectivity index (χ2v) is 8.45. The molecule has 1 aliphatic rings. The predicted octanol–water partition coefficient (Wildman–Crippen LogP) is 5.94. The second-order valence-electron chi connectivity index (χ2n) is 8.45. The summed E-state index contributed by atoms with van der Waals surface area (Å²) in [6, 6.07) is 19.3. The van der Waals surface area contributed by atoms with Crippen molar-refractivity contribution in [3.63, 3.8) is 0 Å². The van der Waals surface area contributed by atoms with E-state index in [9.17, 15) is 14.7 Å². The van der Waals surface area contributed by atoms with Gasteiger partial charge in [0.1, 0.15) is 11.5 Å². The highest BCUT2D eigenvalue weighted by molar-refractivity contribution is 6.15. The maximum atomic E-state index is 13.4. The highest BCUT2D eigenvalue weighted by atomic mass is 16.5. The van der Waals surface area contributed by atoms with Gasteiger partial charge in [0.15, 0.2) is 11.5 Å². The van der Waals surface area contributed by atoms with E-state index in [1.807, 2.05) is 54.6 Å². The highest BCUT2D eigenvalue weighted by Gasteiger charge is 2.44. The molecule has 3 aromatic rings. The maximum Gasteiger partial charge on any atom is 0.290 e. The summed E-state index contributed by atoms with van der Waals surface area (Å²) in [7, 11) is 0. The fraction of sp³-hybridized carbons (Fsp3) is 0.286. The number of carbonyl (C=O) groups is 2. The number of aliphatic hydroxyl groups is 1. The minimum absolute atomic E-state index is 0.0124. The molecule has 0 spiro atoms. The van der Waals surface area contributed by atoms with Crippen molar-refractivity contribution in [1.29, 1.82) is 0 Å². The first-order valence-corrected chi connectivity index (χ1v) is 11.6. The van der Waals surface area contributed by atoms with Gasteiger partial charge < -0.3 is 19.2 Å². The summed E-state index contributed by atoms with van der Waals surface area (Å²) >= 11 is 0. The first kappa shape index (κ1) is 23.4. The Bertz CT molecular complexity index is 1190. The lowest BCUT2D eigenvalue weighted by atomic mass is 9.94. The Morgan fingerprint density at radius 1 is 1.06 bits per heavy atom. The van der Waals surface area contributed by atoms with Crippen LogP contribution in [0.5, 0.6) is 5.75 Å². The van der Waals surface area contributed by atoms with Crippen molar-refractivity contribution in [3.8, 4) is 5.75 Å². The number of ketones is 1. The van der Waals surface area contributed by atoms with Crippen LogP contribution in [0.15, 0.2) is 82.5 Å². The van der Waals surface area contributed by atoms with Gasteiger partial charge in [0.05, 0.1) is 18.2 Å². The summed E-state index contributed by atoms with van der Waals surface area (Å²) in [5, 5.41) is 10.8. The van der Waals surface area contributed by atoms with Crippen molar-refractivity contribution in [1.82, 2.24) is 4.90 Å². The van der Waals surface area contributed by atoms with E-state index in [1.54, 1.807) is 19.1 Å². The molecule has 1 atom stereocenters. The lowest BCUT2D eigenvalue weighted by Gasteiger charge is -2.27. The number of Topliss-reactive ketones (excluding diaryl/α,β-unsaturated/α-hetero) is 1. The van der Waals surface area contributed by atoms with Crippen LogP contribution >= 0.6 is 0 Å². The van der Waals surface area contributed by atoms with Crippen LogP contribution < -0.4 is 4.74 Å². The third kappa shape index (κ3) is 4.91. The monoisotopic (exact) mass is 459 g/mol. The average molecular weight is 460 g/mol. The van der Waals surface area contributed by atoms with Crippen molar-refractivity contribution in [2.24, 2.45) is 0 Å². The molecular weight excluding hydrogens is 430 g/mol. The molecule has 4 rings (SSSR count). The van der Waals surface area contributed by atoms with Crippen molar-refractivity contribution < 1.29 is 23.8 Å². The number of carbonyl (C=O) groups excluding carboxylic acids is 2. The molecule has 0 fully saturated rings. The molecule has 0 aliphatic carbocycles. The van der Waals surface area contributed by atoms with Crippen LogP contribution in [-0.4, -0.2) is 28.3 Å². The van der Waals surface area contributed by atoms with Crippen LogP contribution in [0.1, 0.15) is 59.7 Å². The molecule has 34 heavy (non-hydrogen) atoms. The largest absolute Gasteiger partial charge is 0.503 e. The average Bonchev–Trinajstić information content (AvgIpc) is 3.39. The van der Waals surface area contributed by atoms with E-state index >= 15 is 0 Å². The summed E-state index contributed by atoms with van der Waals surface area (Å²) in [5.41, 5.74) is 1.59. The highest BCUT2D eigenvalue weighted by Crippen LogP contribution is 2.41. The Hall–Kier alpha value is -3.80. The third-order valence-corrected chi connectivity index (χ3v) is 5.90. The molecule has 1 amide bonds. The summed E-state index contributed by atoms with van der Waals surface area (Å²) in [4.78, 5) is 28.1. The molecule has 2 aromatic carbocycles. The number of ether oxygens (including phenoxy) is 1. The topological polar surface area (TPSA) is 80.0 Å². The van der Waals surface area contributed by atoms with Gasteiger partial charge in [0.2, 0.25) is 5.78 Å². The number of rotatable bonds is 10. The molecule has 1 unspecified atom stereocenters. The van der Waals surface area contributed by atoms with E-state index < -0.39 is 23.5 Å². The summed E-state index contributed by atoms with van der Waals surface area (Å²) in [5.74, 6) is -0.316. The van der Waals surface area contributed by atoms with Crippen LogP contribution in [0.4, 0.5) is 0 Å². The molecule has 1 aromatic heterocycles. The molecule has 176 valence electrons. The van der Waals surface area contributed by atoms with Gasteiger partial charge in [-0.2, -0.15) is 0 Å². The van der Waals surface area contributed by atoms with Crippen molar-refractivity contribution in [2.75, 3.05) is 6.61 Å². The molecule has 0 radical (unpaired) electrons. The molecule has 2 heterocycles. The van der Waals surface area contributed by atoms with E-state index in [0.29, 0.717) is 23.7 Å². The number of aliphatic hydroxyl groups excluding tert-OH is 1. The second kappa shape index (κ2) is 10.4. The van der Waals surface area contributed by atoms with Crippen LogP contribution in [0.3, 0.4) is 0 Å². The number of hydrogen-bond acceptors (Lipinski definition) is 5. The first-order valence-electron chi connectivity index (χ1n) is 11.6. The van der Waals surface area contributed by atoms with Crippen LogP contribution in [0.25, 0.3) is 0 Å². The molecule has 0 bridgehead atoms. The Morgan fingerprint density at radius 2 is 1.85 bits per heavy atom. The normalized spacial score (nSPS) is 15.8. The zero-order valence-electron chi connectivity index (χ0n) is 19.5. The van der Waals surface area contributed by atoms with Gasteiger partial charge in [0.25, 0.3) is 5.91 Å². The Balaban J connectivity index is 1.71. The van der Waals surface area contributed by atoms with Crippen molar-refractivity contribution >= 4 is 11.7 Å². The quantitative estimate of drug-likeness (QED) is 0.300. The molecule has 6 nitrogen and oxygen atoms in total. The molecule has 0 saturated heterocycles. The standard InChI is InChI=1S/C28H29NO5/c1-3-4-8-16-33-22-13-9-12-21(17-22)25-24(26(30)23-15-14-19(2)34-23)27(31)28(32)29(25)18-20-10-6-5-7-11-20/h5-7,9-15,17,25,31H,3-4,8,16,18H2,1-2H3. The molecule has 1 N–H and O–H groups in total. The zero-order valence-corrected chi connectivity index (χ0v) is 19.5. The van der Waals surface area contributed by atoms with E-state index in [0.717, 1.165) is 24.8 Å². The lowest BCUT2D eigenvalue weighted by molar-refractivity contribution is -0.130. The maximum absolute atomic E-state index is 13.4. The number of furan rings is 1. The Morgan fingerprint density at radius 3 is 2.56 bits per heavy atom. The van der Waals surface area contributed by atoms with E-state index in [-0.39, 0.29) is 17.9 Å². The minimum Gasteiger partial charge on any atom is -0.503 e. The van der Waals surface area contributed by atoms with Crippen LogP contribution in [0.2, 0.25) is 0 Å². The number of nitrogens with zero attached hydrogens (tertiary/aromatic N) is 1. The van der Waals surface area contributed by atoms with Gasteiger partial charge in [-0.15, -0.1) is 0 Å².